The Morgan fingerprint density at radius 1 is 1.24 bits per heavy atom. The zero-order valence-electron chi connectivity index (χ0n) is 11.3. The van der Waals surface area contributed by atoms with Gasteiger partial charge in [0.25, 0.3) is 0 Å². The third kappa shape index (κ3) is 6.66. The average Bonchev–Trinajstić information content (AvgIpc) is 2.23. The fraction of sp³-hybridized carbons (Fsp3) is 0.833. The van der Waals surface area contributed by atoms with Gasteiger partial charge in [-0.05, 0) is 11.8 Å². The minimum atomic E-state index is -0.231. The molecular weight excluding hydrogens is 284 g/mol. The summed E-state index contributed by atoms with van der Waals surface area (Å²) < 4.78 is 0. The largest absolute Gasteiger partial charge is 0.354 e. The van der Waals surface area contributed by atoms with E-state index in [4.69, 9.17) is 0 Å². The molecule has 0 aromatic carbocycles. The van der Waals surface area contributed by atoms with Gasteiger partial charge >= 0.3 is 0 Å². The van der Waals surface area contributed by atoms with E-state index in [2.05, 4.69) is 21.2 Å². The summed E-state index contributed by atoms with van der Waals surface area (Å²) in [5.74, 6) is 0.459. The van der Waals surface area contributed by atoms with Crippen LogP contribution in [0.3, 0.4) is 0 Å². The smallest absolute Gasteiger partial charge is 0.239 e. The molecule has 0 aliphatic rings. The van der Waals surface area contributed by atoms with Crippen LogP contribution in [0.1, 0.15) is 27.7 Å². The van der Waals surface area contributed by atoms with Gasteiger partial charge in [-0.15, -0.1) is 0 Å². The molecule has 17 heavy (non-hydrogen) atoms. The van der Waals surface area contributed by atoms with Crippen molar-refractivity contribution in [1.82, 2.24) is 10.2 Å². The van der Waals surface area contributed by atoms with Crippen LogP contribution >= 0.6 is 15.9 Å². The summed E-state index contributed by atoms with van der Waals surface area (Å²) >= 11 is 3.34. The number of carbonyl (C=O) groups is 2. The van der Waals surface area contributed by atoms with Gasteiger partial charge in [-0.2, -0.15) is 0 Å². The van der Waals surface area contributed by atoms with Crippen molar-refractivity contribution in [2.24, 2.45) is 11.8 Å². The second kappa shape index (κ2) is 7.69. The van der Waals surface area contributed by atoms with Crippen LogP contribution < -0.4 is 5.32 Å². The van der Waals surface area contributed by atoms with Gasteiger partial charge in [0.2, 0.25) is 11.8 Å². The number of hydrogen-bond donors (Lipinski definition) is 1. The SMILES string of the molecule is CC(C)CNC(=O)CN(C)C(=O)C(Br)C(C)C. The first-order valence-electron chi connectivity index (χ1n) is 5.91. The maximum Gasteiger partial charge on any atom is 0.239 e. The molecule has 5 heteroatoms. The Balaban J connectivity index is 4.12. The van der Waals surface area contributed by atoms with Gasteiger partial charge in [-0.3, -0.25) is 9.59 Å². The minimum Gasteiger partial charge on any atom is -0.354 e. The molecule has 0 aliphatic heterocycles. The monoisotopic (exact) mass is 306 g/mol. The minimum absolute atomic E-state index is 0.0558. The van der Waals surface area contributed by atoms with Gasteiger partial charge in [0.15, 0.2) is 0 Å². The van der Waals surface area contributed by atoms with Crippen LogP contribution in [-0.2, 0) is 9.59 Å². The van der Waals surface area contributed by atoms with E-state index >= 15 is 0 Å². The number of amides is 2. The first kappa shape index (κ1) is 16.4. The molecule has 1 atom stereocenters. The topological polar surface area (TPSA) is 49.4 Å². The fourth-order valence-corrected chi connectivity index (χ4v) is 1.51. The van der Waals surface area contributed by atoms with E-state index < -0.39 is 0 Å². The van der Waals surface area contributed by atoms with Crippen LogP contribution in [0.2, 0.25) is 0 Å². The second-order valence-electron chi connectivity index (χ2n) is 5.04. The molecule has 0 saturated carbocycles. The molecule has 0 saturated heterocycles. The number of nitrogens with one attached hydrogen (secondary N) is 1. The third-order valence-electron chi connectivity index (χ3n) is 2.29. The Morgan fingerprint density at radius 2 is 1.76 bits per heavy atom. The molecule has 0 aliphatic carbocycles. The molecule has 0 bridgehead atoms. The predicted molar refractivity (Wildman–Crippen MR) is 73.0 cm³/mol. The van der Waals surface area contributed by atoms with Gasteiger partial charge in [-0.25, -0.2) is 0 Å². The Bertz CT molecular complexity index is 267. The van der Waals surface area contributed by atoms with E-state index in [1.165, 1.54) is 4.90 Å². The molecule has 0 aromatic heterocycles. The number of rotatable bonds is 6. The fourth-order valence-electron chi connectivity index (χ4n) is 1.16. The zero-order valence-corrected chi connectivity index (χ0v) is 12.9. The van der Waals surface area contributed by atoms with Crippen LogP contribution in [0.25, 0.3) is 0 Å². The molecule has 4 nitrogen and oxygen atoms in total. The molecule has 100 valence electrons. The Kier molecular flexibility index (Phi) is 7.43. The standard InChI is InChI=1S/C12H23BrN2O2/c1-8(2)6-14-10(16)7-15(5)12(17)11(13)9(3)4/h8-9,11H,6-7H2,1-5H3,(H,14,16). The summed E-state index contributed by atoms with van der Waals surface area (Å²) in [5, 5.41) is 2.79. The van der Waals surface area contributed by atoms with Crippen molar-refractivity contribution >= 4 is 27.7 Å². The molecule has 0 rings (SSSR count). The lowest BCUT2D eigenvalue weighted by Gasteiger charge is -2.22. The summed E-state index contributed by atoms with van der Waals surface area (Å²) in [6, 6.07) is 0. The molecule has 0 heterocycles. The molecule has 1 unspecified atom stereocenters. The number of carbonyl (C=O) groups excluding carboxylic acids is 2. The van der Waals surface area contributed by atoms with Gasteiger partial charge < -0.3 is 10.2 Å². The molecule has 2 amide bonds. The number of nitrogens with zero attached hydrogens (tertiary/aromatic N) is 1. The van der Waals surface area contributed by atoms with Gasteiger partial charge in [0, 0.05) is 13.6 Å². The normalized spacial score (nSPS) is 12.7. The Morgan fingerprint density at radius 3 is 2.18 bits per heavy atom. The van der Waals surface area contributed by atoms with Crippen molar-refractivity contribution in [2.75, 3.05) is 20.1 Å². The van der Waals surface area contributed by atoms with Crippen molar-refractivity contribution in [3.8, 4) is 0 Å². The summed E-state index contributed by atoms with van der Waals surface area (Å²) in [6.07, 6.45) is 0. The Hall–Kier alpha value is -0.580. The van der Waals surface area contributed by atoms with E-state index in [1.54, 1.807) is 7.05 Å². The van der Waals surface area contributed by atoms with E-state index in [0.717, 1.165) is 0 Å². The average molecular weight is 307 g/mol. The van der Waals surface area contributed by atoms with E-state index in [0.29, 0.717) is 12.5 Å². The van der Waals surface area contributed by atoms with Gasteiger partial charge in [0.1, 0.15) is 0 Å². The Labute approximate surface area is 112 Å². The summed E-state index contributed by atoms with van der Waals surface area (Å²) in [4.78, 5) is 24.6. The van der Waals surface area contributed by atoms with E-state index in [1.807, 2.05) is 27.7 Å². The second-order valence-corrected chi connectivity index (χ2v) is 6.02. The maximum absolute atomic E-state index is 11.9. The van der Waals surface area contributed by atoms with Gasteiger partial charge in [0.05, 0.1) is 11.4 Å². The van der Waals surface area contributed by atoms with Crippen LogP contribution in [-0.4, -0.2) is 41.7 Å². The van der Waals surface area contributed by atoms with Crippen molar-refractivity contribution < 1.29 is 9.59 Å². The number of alkyl halides is 1. The lowest BCUT2D eigenvalue weighted by Crippen LogP contribution is -2.43. The highest BCUT2D eigenvalue weighted by atomic mass is 79.9. The van der Waals surface area contributed by atoms with E-state index in [-0.39, 0.29) is 29.1 Å². The summed E-state index contributed by atoms with van der Waals surface area (Å²) in [5.41, 5.74) is 0. The van der Waals surface area contributed by atoms with Crippen molar-refractivity contribution in [3.05, 3.63) is 0 Å². The molecule has 0 radical (unpaired) electrons. The number of likely N-dealkylation sites (N-methyl/N-ethyl adjacent to an activating group) is 1. The molecule has 0 fully saturated rings. The van der Waals surface area contributed by atoms with Crippen LogP contribution in [0.15, 0.2) is 0 Å². The molecule has 0 aromatic rings. The molecular formula is C12H23BrN2O2. The maximum atomic E-state index is 11.9. The summed E-state index contributed by atoms with van der Waals surface area (Å²) in [6.45, 7) is 8.74. The zero-order chi connectivity index (χ0) is 13.6. The predicted octanol–water partition coefficient (Wildman–Crippen LogP) is 1.64. The number of halogens is 1. The first-order valence-corrected chi connectivity index (χ1v) is 6.83. The van der Waals surface area contributed by atoms with Crippen LogP contribution in [0.5, 0.6) is 0 Å². The highest BCUT2D eigenvalue weighted by molar-refractivity contribution is 9.10. The quantitative estimate of drug-likeness (QED) is 0.758. The lowest BCUT2D eigenvalue weighted by atomic mass is 10.1. The van der Waals surface area contributed by atoms with Gasteiger partial charge in [-0.1, -0.05) is 43.6 Å². The first-order chi connectivity index (χ1) is 7.75. The molecule has 1 N–H and O–H groups in total. The van der Waals surface area contributed by atoms with Crippen LogP contribution in [0.4, 0.5) is 0 Å². The van der Waals surface area contributed by atoms with Crippen molar-refractivity contribution in [3.63, 3.8) is 0 Å². The van der Waals surface area contributed by atoms with Crippen LogP contribution in [0, 0.1) is 11.8 Å². The van der Waals surface area contributed by atoms with E-state index in [9.17, 15) is 9.59 Å². The highest BCUT2D eigenvalue weighted by Gasteiger charge is 2.23. The highest BCUT2D eigenvalue weighted by Crippen LogP contribution is 2.14. The molecule has 0 spiro atoms. The van der Waals surface area contributed by atoms with Crippen molar-refractivity contribution in [1.29, 1.82) is 0 Å². The lowest BCUT2D eigenvalue weighted by molar-refractivity contribution is -0.134. The summed E-state index contributed by atoms with van der Waals surface area (Å²) in [7, 11) is 1.65. The van der Waals surface area contributed by atoms with Crippen molar-refractivity contribution in [2.45, 2.75) is 32.5 Å². The number of hydrogen-bond acceptors (Lipinski definition) is 2. The third-order valence-corrected chi connectivity index (χ3v) is 3.73.